The minimum absolute atomic E-state index is 0.721. The lowest BCUT2D eigenvalue weighted by atomic mass is 10.2. The van der Waals surface area contributed by atoms with Crippen LogP contribution in [0.5, 0.6) is 5.75 Å². The first-order valence-electron chi connectivity index (χ1n) is 8.23. The molecule has 22 heavy (non-hydrogen) atoms. The van der Waals surface area contributed by atoms with Gasteiger partial charge >= 0.3 is 0 Å². The van der Waals surface area contributed by atoms with E-state index >= 15 is 0 Å². The largest absolute Gasteiger partial charge is 0.494 e. The number of aromatic nitrogens is 2. The van der Waals surface area contributed by atoms with Gasteiger partial charge in [0.1, 0.15) is 5.75 Å². The lowest BCUT2D eigenvalue weighted by Gasteiger charge is -2.21. The Morgan fingerprint density at radius 3 is 2.82 bits per heavy atom. The summed E-state index contributed by atoms with van der Waals surface area (Å²) in [6.45, 7) is 6.30. The van der Waals surface area contributed by atoms with Crippen LogP contribution >= 0.6 is 0 Å². The second kappa shape index (κ2) is 7.45. The highest BCUT2D eigenvalue weighted by Crippen LogP contribution is 2.20. The van der Waals surface area contributed by atoms with Crippen molar-refractivity contribution < 1.29 is 4.74 Å². The molecule has 0 unspecified atom stereocenters. The van der Waals surface area contributed by atoms with E-state index in [4.69, 9.17) is 4.74 Å². The number of hydrogen-bond acceptors (Lipinski definition) is 3. The predicted molar refractivity (Wildman–Crippen MR) is 87.9 cm³/mol. The van der Waals surface area contributed by atoms with E-state index in [2.05, 4.69) is 45.6 Å². The maximum Gasteiger partial charge on any atom is 0.119 e. The first-order chi connectivity index (χ1) is 10.8. The molecule has 0 amide bonds. The van der Waals surface area contributed by atoms with Gasteiger partial charge in [0, 0.05) is 31.5 Å². The van der Waals surface area contributed by atoms with Crippen LogP contribution in [-0.2, 0) is 13.1 Å². The Balaban J connectivity index is 1.41. The molecule has 2 heterocycles. The maximum absolute atomic E-state index is 5.80. The lowest BCUT2D eigenvalue weighted by molar-refractivity contribution is 0.260. The molecule has 118 valence electrons. The number of nitrogens with zero attached hydrogens (tertiary/aromatic N) is 3. The topological polar surface area (TPSA) is 30.3 Å². The number of likely N-dealkylation sites (tertiary alicyclic amines) is 1. The molecule has 1 aromatic carbocycles. The fourth-order valence-corrected chi connectivity index (χ4v) is 3.01. The van der Waals surface area contributed by atoms with Crippen LogP contribution in [0.25, 0.3) is 0 Å². The minimum atomic E-state index is 0.721. The Morgan fingerprint density at radius 1 is 1.27 bits per heavy atom. The van der Waals surface area contributed by atoms with Crippen molar-refractivity contribution in [1.82, 2.24) is 14.5 Å². The lowest BCUT2D eigenvalue weighted by Crippen LogP contribution is -2.26. The highest BCUT2D eigenvalue weighted by atomic mass is 16.5. The second-order valence-corrected chi connectivity index (χ2v) is 6.11. The summed E-state index contributed by atoms with van der Waals surface area (Å²) in [5.41, 5.74) is 1.37. The molecule has 1 fully saturated rings. The van der Waals surface area contributed by atoms with Gasteiger partial charge in [-0.25, -0.2) is 4.98 Å². The third-order valence-corrected chi connectivity index (χ3v) is 4.39. The van der Waals surface area contributed by atoms with Crippen molar-refractivity contribution >= 4 is 0 Å². The van der Waals surface area contributed by atoms with E-state index in [0.717, 1.165) is 37.9 Å². The van der Waals surface area contributed by atoms with Gasteiger partial charge in [0.25, 0.3) is 0 Å². The zero-order chi connectivity index (χ0) is 15.2. The molecule has 0 N–H and O–H groups in total. The van der Waals surface area contributed by atoms with Crippen LogP contribution in [0.15, 0.2) is 43.0 Å². The van der Waals surface area contributed by atoms with Crippen molar-refractivity contribution in [2.24, 2.45) is 0 Å². The van der Waals surface area contributed by atoms with E-state index in [0.29, 0.717) is 0 Å². The second-order valence-electron chi connectivity index (χ2n) is 6.11. The maximum atomic E-state index is 5.80. The molecule has 2 aromatic rings. The third kappa shape index (κ3) is 4.10. The summed E-state index contributed by atoms with van der Waals surface area (Å²) < 4.78 is 7.88. The average molecular weight is 299 g/mol. The molecule has 0 radical (unpaired) electrons. The number of hydrogen-bond donors (Lipinski definition) is 0. The number of aryl methyl sites for hydroxylation is 1. The van der Waals surface area contributed by atoms with E-state index in [1.807, 2.05) is 12.5 Å². The van der Waals surface area contributed by atoms with Crippen molar-refractivity contribution in [2.75, 3.05) is 13.2 Å². The summed E-state index contributed by atoms with van der Waals surface area (Å²) in [6.07, 6.45) is 9.28. The normalized spacial score (nSPS) is 18.7. The predicted octanol–water partition coefficient (Wildman–Crippen LogP) is 3.34. The zero-order valence-corrected chi connectivity index (χ0v) is 13.3. The first-order valence-corrected chi connectivity index (χ1v) is 8.23. The van der Waals surface area contributed by atoms with E-state index in [1.165, 1.54) is 24.9 Å². The van der Waals surface area contributed by atoms with Gasteiger partial charge in [-0.05, 0) is 50.4 Å². The van der Waals surface area contributed by atoms with Crippen LogP contribution in [0.1, 0.15) is 31.7 Å². The van der Waals surface area contributed by atoms with Crippen LogP contribution in [-0.4, -0.2) is 33.6 Å². The van der Waals surface area contributed by atoms with Crippen molar-refractivity contribution in [1.29, 1.82) is 0 Å². The van der Waals surface area contributed by atoms with Crippen LogP contribution in [0.4, 0.5) is 0 Å². The van der Waals surface area contributed by atoms with Crippen LogP contribution < -0.4 is 4.74 Å². The van der Waals surface area contributed by atoms with Gasteiger partial charge in [-0.3, -0.25) is 4.90 Å². The summed E-state index contributed by atoms with van der Waals surface area (Å²) in [5, 5.41) is 0. The Hall–Kier alpha value is -1.81. The molecule has 0 bridgehead atoms. The van der Waals surface area contributed by atoms with Gasteiger partial charge in [-0.1, -0.05) is 12.1 Å². The first kappa shape index (κ1) is 15.1. The Morgan fingerprint density at radius 2 is 2.14 bits per heavy atom. The van der Waals surface area contributed by atoms with Gasteiger partial charge in [0.05, 0.1) is 12.9 Å². The standard InChI is InChI=1S/C18H25N3O/c1-16-4-2-11-21(16)14-17-5-7-18(8-6-17)22-13-3-10-20-12-9-19-15-20/h5-9,12,15-16H,2-4,10-11,13-14H2,1H3/t16-/m0/s1. The summed E-state index contributed by atoms with van der Waals surface area (Å²) in [6, 6.07) is 9.28. The highest BCUT2D eigenvalue weighted by molar-refractivity contribution is 5.27. The van der Waals surface area contributed by atoms with Crippen molar-refractivity contribution in [3.8, 4) is 5.75 Å². The van der Waals surface area contributed by atoms with E-state index < -0.39 is 0 Å². The van der Waals surface area contributed by atoms with Crippen LogP contribution in [0.3, 0.4) is 0 Å². The molecule has 1 aromatic heterocycles. The molecule has 1 aliphatic rings. The van der Waals surface area contributed by atoms with Crippen LogP contribution in [0, 0.1) is 0 Å². The molecule has 4 nitrogen and oxygen atoms in total. The summed E-state index contributed by atoms with van der Waals surface area (Å²) in [4.78, 5) is 6.59. The molecule has 0 saturated carbocycles. The van der Waals surface area contributed by atoms with Crippen LogP contribution in [0.2, 0.25) is 0 Å². The molecule has 1 atom stereocenters. The van der Waals surface area contributed by atoms with Crippen molar-refractivity contribution in [3.63, 3.8) is 0 Å². The van der Waals surface area contributed by atoms with Gasteiger partial charge in [-0.2, -0.15) is 0 Å². The van der Waals surface area contributed by atoms with E-state index in [-0.39, 0.29) is 0 Å². The fraction of sp³-hybridized carbons (Fsp3) is 0.500. The van der Waals surface area contributed by atoms with E-state index in [9.17, 15) is 0 Å². The molecule has 1 saturated heterocycles. The molecule has 3 rings (SSSR count). The molecule has 4 heteroatoms. The number of imidazole rings is 1. The van der Waals surface area contributed by atoms with Crippen molar-refractivity contribution in [2.45, 2.75) is 45.3 Å². The number of rotatable bonds is 7. The van der Waals surface area contributed by atoms with E-state index in [1.54, 1.807) is 6.20 Å². The minimum Gasteiger partial charge on any atom is -0.494 e. The zero-order valence-electron chi connectivity index (χ0n) is 13.3. The Bertz CT molecular complexity index is 550. The molecule has 0 aliphatic carbocycles. The molecule has 0 spiro atoms. The van der Waals surface area contributed by atoms with Gasteiger partial charge < -0.3 is 9.30 Å². The highest BCUT2D eigenvalue weighted by Gasteiger charge is 2.19. The molecular weight excluding hydrogens is 274 g/mol. The van der Waals surface area contributed by atoms with Gasteiger partial charge in [0.15, 0.2) is 0 Å². The van der Waals surface area contributed by atoms with Gasteiger partial charge in [0.2, 0.25) is 0 Å². The Labute approximate surface area is 132 Å². The summed E-state index contributed by atoms with van der Waals surface area (Å²) in [7, 11) is 0. The van der Waals surface area contributed by atoms with Gasteiger partial charge in [-0.15, -0.1) is 0 Å². The molecular formula is C18H25N3O. The smallest absolute Gasteiger partial charge is 0.119 e. The molecule has 1 aliphatic heterocycles. The quantitative estimate of drug-likeness (QED) is 0.735. The number of benzene rings is 1. The number of ether oxygens (including phenoxy) is 1. The monoisotopic (exact) mass is 299 g/mol. The summed E-state index contributed by atoms with van der Waals surface area (Å²) >= 11 is 0. The average Bonchev–Trinajstić information content (AvgIpc) is 3.18. The fourth-order valence-electron chi connectivity index (χ4n) is 3.01. The Kier molecular flexibility index (Phi) is 5.11. The summed E-state index contributed by atoms with van der Waals surface area (Å²) in [5.74, 6) is 0.962. The van der Waals surface area contributed by atoms with Crippen molar-refractivity contribution in [3.05, 3.63) is 48.5 Å². The SMILES string of the molecule is C[C@H]1CCCN1Cc1ccc(OCCCn2ccnc2)cc1. The third-order valence-electron chi connectivity index (χ3n) is 4.39.